The molecule has 0 saturated carbocycles. The van der Waals surface area contributed by atoms with Crippen molar-refractivity contribution in [3.63, 3.8) is 0 Å². The zero-order valence-electron chi connectivity index (χ0n) is 10.5. The number of fused-ring (bicyclic) bond motifs is 1. The highest BCUT2D eigenvalue weighted by Crippen LogP contribution is 2.34. The van der Waals surface area contributed by atoms with Crippen molar-refractivity contribution in [1.82, 2.24) is 0 Å². The van der Waals surface area contributed by atoms with Gasteiger partial charge in [0.15, 0.2) is 0 Å². The van der Waals surface area contributed by atoms with Crippen molar-refractivity contribution in [2.75, 3.05) is 0 Å². The topological polar surface area (TPSA) is 0 Å². The Hall–Kier alpha value is -1.30. The first kappa shape index (κ1) is 10.8. The van der Waals surface area contributed by atoms with E-state index in [0.717, 1.165) is 11.8 Å². The fourth-order valence-corrected chi connectivity index (χ4v) is 3.09. The molecule has 0 amide bonds. The molecule has 0 heteroatoms. The molecule has 2 aliphatic rings. The molecule has 0 aromatic heterocycles. The molecule has 0 N–H and O–H groups in total. The lowest BCUT2D eigenvalue weighted by Crippen LogP contribution is -2.13. The van der Waals surface area contributed by atoms with Crippen LogP contribution in [0.2, 0.25) is 0 Å². The highest BCUT2D eigenvalue weighted by molar-refractivity contribution is 5.63. The molecule has 2 atom stereocenters. The maximum atomic E-state index is 2.44. The van der Waals surface area contributed by atoms with Gasteiger partial charge in [0.25, 0.3) is 0 Å². The summed E-state index contributed by atoms with van der Waals surface area (Å²) in [5.74, 6) is 1.62. The Labute approximate surface area is 104 Å². The van der Waals surface area contributed by atoms with Crippen LogP contribution < -0.4 is 0 Å². The smallest absolute Gasteiger partial charge is 0.00576 e. The van der Waals surface area contributed by atoms with E-state index in [4.69, 9.17) is 0 Å². The van der Waals surface area contributed by atoms with E-state index in [9.17, 15) is 0 Å². The maximum absolute atomic E-state index is 2.44. The number of rotatable bonds is 2. The standard InChI is InChI=1S/C17H20/c1-13-6-2-3-7-15(13)10-14-11-16-8-4-5-9-17(16)12-14/h3-5,7-9,11,13,15H,2,6,10,12H2,1H3. The molecule has 0 fully saturated rings. The van der Waals surface area contributed by atoms with Crippen LogP contribution in [0.5, 0.6) is 0 Å². The highest BCUT2D eigenvalue weighted by atomic mass is 14.3. The average molecular weight is 224 g/mol. The molecule has 0 saturated heterocycles. The van der Waals surface area contributed by atoms with Crippen LogP contribution in [0.3, 0.4) is 0 Å². The molecule has 1 aromatic rings. The second kappa shape index (κ2) is 4.52. The van der Waals surface area contributed by atoms with E-state index in [1.165, 1.54) is 36.8 Å². The molecule has 2 aliphatic carbocycles. The third-order valence-corrected chi connectivity index (χ3v) is 4.23. The molecule has 3 rings (SSSR count). The summed E-state index contributed by atoms with van der Waals surface area (Å²) in [5, 5.41) is 0. The van der Waals surface area contributed by atoms with E-state index >= 15 is 0 Å². The van der Waals surface area contributed by atoms with Crippen LogP contribution in [0, 0.1) is 11.8 Å². The van der Waals surface area contributed by atoms with E-state index in [1.807, 2.05) is 0 Å². The Bertz CT molecular complexity index is 465. The molecular weight excluding hydrogens is 204 g/mol. The molecule has 0 bridgehead atoms. The van der Waals surface area contributed by atoms with Crippen LogP contribution in [0.4, 0.5) is 0 Å². The van der Waals surface area contributed by atoms with Crippen molar-refractivity contribution in [1.29, 1.82) is 0 Å². The minimum atomic E-state index is 0.768. The van der Waals surface area contributed by atoms with Gasteiger partial charge in [0.2, 0.25) is 0 Å². The third-order valence-electron chi connectivity index (χ3n) is 4.23. The van der Waals surface area contributed by atoms with Gasteiger partial charge in [0.05, 0.1) is 0 Å². The number of hydrogen-bond donors (Lipinski definition) is 0. The van der Waals surface area contributed by atoms with Gasteiger partial charge < -0.3 is 0 Å². The quantitative estimate of drug-likeness (QED) is 0.643. The fourth-order valence-electron chi connectivity index (χ4n) is 3.09. The normalized spacial score (nSPS) is 26.8. The molecule has 0 heterocycles. The summed E-state index contributed by atoms with van der Waals surface area (Å²) in [4.78, 5) is 0. The van der Waals surface area contributed by atoms with Gasteiger partial charge in [-0.3, -0.25) is 0 Å². The van der Waals surface area contributed by atoms with Gasteiger partial charge in [-0.25, -0.2) is 0 Å². The first-order chi connectivity index (χ1) is 8.33. The van der Waals surface area contributed by atoms with E-state index < -0.39 is 0 Å². The predicted octanol–water partition coefficient (Wildman–Crippen LogP) is 4.62. The zero-order valence-corrected chi connectivity index (χ0v) is 10.5. The van der Waals surface area contributed by atoms with Gasteiger partial charge in [0, 0.05) is 0 Å². The first-order valence-electron chi connectivity index (χ1n) is 6.77. The molecule has 17 heavy (non-hydrogen) atoms. The summed E-state index contributed by atoms with van der Waals surface area (Å²) in [5.41, 5.74) is 4.57. The van der Waals surface area contributed by atoms with Crippen LogP contribution in [0.15, 0.2) is 42.0 Å². The monoisotopic (exact) mass is 224 g/mol. The highest BCUT2D eigenvalue weighted by Gasteiger charge is 2.20. The number of benzene rings is 1. The molecule has 0 aliphatic heterocycles. The Morgan fingerprint density at radius 3 is 2.94 bits per heavy atom. The summed E-state index contributed by atoms with van der Waals surface area (Å²) in [6.07, 6.45) is 12.3. The maximum Gasteiger partial charge on any atom is -0.00576 e. The number of hydrogen-bond acceptors (Lipinski definition) is 0. The van der Waals surface area contributed by atoms with Crippen molar-refractivity contribution in [2.45, 2.75) is 32.6 Å². The van der Waals surface area contributed by atoms with Gasteiger partial charge in [-0.05, 0) is 48.6 Å². The van der Waals surface area contributed by atoms with Gasteiger partial charge in [0.1, 0.15) is 0 Å². The van der Waals surface area contributed by atoms with E-state index in [1.54, 1.807) is 5.57 Å². The summed E-state index contributed by atoms with van der Waals surface area (Å²) in [7, 11) is 0. The van der Waals surface area contributed by atoms with Crippen molar-refractivity contribution >= 4 is 6.08 Å². The Morgan fingerprint density at radius 2 is 2.12 bits per heavy atom. The SMILES string of the molecule is CC1CCC=CC1CC1=Cc2ccccc2C1. The van der Waals surface area contributed by atoms with Crippen LogP contribution in [0.25, 0.3) is 6.08 Å². The predicted molar refractivity (Wildman–Crippen MR) is 73.8 cm³/mol. The molecular formula is C17H20. The van der Waals surface area contributed by atoms with Crippen LogP contribution in [-0.4, -0.2) is 0 Å². The Morgan fingerprint density at radius 1 is 1.24 bits per heavy atom. The van der Waals surface area contributed by atoms with E-state index in [-0.39, 0.29) is 0 Å². The molecule has 2 unspecified atom stereocenters. The van der Waals surface area contributed by atoms with Crippen LogP contribution >= 0.6 is 0 Å². The zero-order chi connectivity index (χ0) is 11.7. The van der Waals surface area contributed by atoms with Gasteiger partial charge in [-0.1, -0.05) is 55.0 Å². The third kappa shape index (κ3) is 2.22. The van der Waals surface area contributed by atoms with Gasteiger partial charge in [-0.2, -0.15) is 0 Å². The van der Waals surface area contributed by atoms with Gasteiger partial charge in [-0.15, -0.1) is 0 Å². The molecule has 0 spiro atoms. The largest absolute Gasteiger partial charge is 0.0882 e. The first-order valence-corrected chi connectivity index (χ1v) is 6.77. The minimum absolute atomic E-state index is 0.768. The van der Waals surface area contributed by atoms with E-state index in [0.29, 0.717) is 0 Å². The second-order valence-electron chi connectivity index (χ2n) is 5.53. The molecule has 0 nitrogen and oxygen atoms in total. The lowest BCUT2D eigenvalue weighted by atomic mass is 9.81. The van der Waals surface area contributed by atoms with Crippen molar-refractivity contribution in [3.05, 3.63) is 53.1 Å². The molecule has 88 valence electrons. The van der Waals surface area contributed by atoms with Crippen LogP contribution in [0.1, 0.15) is 37.3 Å². The van der Waals surface area contributed by atoms with Gasteiger partial charge >= 0.3 is 0 Å². The lowest BCUT2D eigenvalue weighted by molar-refractivity contribution is 0.383. The van der Waals surface area contributed by atoms with Crippen molar-refractivity contribution in [2.24, 2.45) is 11.8 Å². The summed E-state index contributed by atoms with van der Waals surface area (Å²) in [6, 6.07) is 8.79. The summed E-state index contributed by atoms with van der Waals surface area (Å²) < 4.78 is 0. The van der Waals surface area contributed by atoms with Crippen molar-refractivity contribution < 1.29 is 0 Å². The second-order valence-corrected chi connectivity index (χ2v) is 5.53. The lowest BCUT2D eigenvalue weighted by Gasteiger charge is -2.24. The minimum Gasteiger partial charge on any atom is -0.0882 e. The summed E-state index contributed by atoms with van der Waals surface area (Å²) >= 11 is 0. The average Bonchev–Trinajstić information content (AvgIpc) is 2.74. The Kier molecular flexibility index (Phi) is 2.88. The fraction of sp³-hybridized carbons (Fsp3) is 0.412. The molecule has 0 radical (unpaired) electrons. The molecule has 1 aromatic carbocycles. The Balaban J connectivity index is 1.72. The van der Waals surface area contributed by atoms with Crippen molar-refractivity contribution in [3.8, 4) is 0 Å². The summed E-state index contributed by atoms with van der Waals surface area (Å²) in [6.45, 7) is 2.40. The van der Waals surface area contributed by atoms with Crippen LogP contribution in [-0.2, 0) is 6.42 Å². The van der Waals surface area contributed by atoms with E-state index in [2.05, 4.69) is 49.4 Å². The number of allylic oxidation sites excluding steroid dienone is 3.